The van der Waals surface area contributed by atoms with Crippen LogP contribution >= 0.6 is 11.8 Å². The molecule has 7 nitrogen and oxygen atoms in total. The molecule has 0 spiro atoms. The molecule has 142 valence electrons. The number of ether oxygens (including phenoxy) is 1. The average molecular weight is 388 g/mol. The van der Waals surface area contributed by atoms with Crippen molar-refractivity contribution in [1.82, 2.24) is 5.43 Å². The molecule has 0 radical (unpaired) electrons. The van der Waals surface area contributed by atoms with Crippen LogP contribution in [0.5, 0.6) is 11.5 Å². The third-order valence-corrected chi connectivity index (χ3v) is 4.62. The third kappa shape index (κ3) is 5.75. The topological polar surface area (TPSA) is 108 Å². The zero-order chi connectivity index (χ0) is 19.8. The molecule has 1 amide bonds. The summed E-state index contributed by atoms with van der Waals surface area (Å²) in [6.45, 7) is 1.74. The molecular formula is C19H20N2O5S. The number of phenolic OH excluding ortho intramolecular Hbond substituents is 1. The van der Waals surface area contributed by atoms with E-state index in [0.717, 1.165) is 11.1 Å². The van der Waals surface area contributed by atoms with Gasteiger partial charge in [0.15, 0.2) is 0 Å². The number of nitrogens with one attached hydrogen (secondary N) is 1. The molecule has 0 aliphatic carbocycles. The summed E-state index contributed by atoms with van der Waals surface area (Å²) >= 11 is 1.26. The van der Waals surface area contributed by atoms with Crippen LogP contribution in [0, 0.1) is 0 Å². The predicted molar refractivity (Wildman–Crippen MR) is 105 cm³/mol. The Morgan fingerprint density at radius 3 is 2.63 bits per heavy atom. The number of carboxylic acid groups (broad SMARTS) is 1. The van der Waals surface area contributed by atoms with E-state index in [1.54, 1.807) is 38.3 Å². The molecule has 0 aromatic heterocycles. The van der Waals surface area contributed by atoms with Crippen LogP contribution in [-0.4, -0.2) is 40.7 Å². The maximum Gasteiger partial charge on any atom is 0.313 e. The second-order valence-corrected chi connectivity index (χ2v) is 6.55. The highest BCUT2D eigenvalue weighted by molar-refractivity contribution is 7.99. The van der Waals surface area contributed by atoms with Crippen LogP contribution in [0.3, 0.4) is 0 Å². The molecule has 27 heavy (non-hydrogen) atoms. The van der Waals surface area contributed by atoms with Crippen molar-refractivity contribution in [3.8, 4) is 11.5 Å². The van der Waals surface area contributed by atoms with Crippen LogP contribution in [0.4, 0.5) is 0 Å². The van der Waals surface area contributed by atoms with Gasteiger partial charge in [-0.25, -0.2) is 5.43 Å². The van der Waals surface area contributed by atoms with Crippen molar-refractivity contribution in [2.45, 2.75) is 12.7 Å². The molecule has 0 saturated carbocycles. The van der Waals surface area contributed by atoms with Gasteiger partial charge >= 0.3 is 5.97 Å². The van der Waals surface area contributed by atoms with E-state index in [1.165, 1.54) is 23.9 Å². The van der Waals surface area contributed by atoms with Crippen LogP contribution in [0.2, 0.25) is 0 Å². The molecule has 2 aromatic carbocycles. The molecule has 0 aliphatic heterocycles. The number of rotatable bonds is 8. The first-order chi connectivity index (χ1) is 12.9. The first-order valence-electron chi connectivity index (χ1n) is 8.01. The lowest BCUT2D eigenvalue weighted by Crippen LogP contribution is -2.19. The van der Waals surface area contributed by atoms with Gasteiger partial charge < -0.3 is 14.9 Å². The molecule has 0 saturated heterocycles. The van der Waals surface area contributed by atoms with Crippen LogP contribution in [-0.2, 0) is 10.5 Å². The predicted octanol–water partition coefficient (Wildman–Crippen LogP) is 2.87. The molecule has 8 heteroatoms. The van der Waals surface area contributed by atoms with Crippen LogP contribution in [0.25, 0.3) is 0 Å². The molecule has 0 aliphatic rings. The van der Waals surface area contributed by atoms with E-state index in [2.05, 4.69) is 10.5 Å². The van der Waals surface area contributed by atoms with Gasteiger partial charge in [0.25, 0.3) is 5.91 Å². The summed E-state index contributed by atoms with van der Waals surface area (Å²) in [6, 6.07) is 11.6. The van der Waals surface area contributed by atoms with Crippen LogP contribution in [0.1, 0.15) is 28.4 Å². The summed E-state index contributed by atoms with van der Waals surface area (Å²) in [7, 11) is 1.55. The number of aromatic hydroxyl groups is 1. The number of carbonyl (C=O) groups is 2. The summed E-state index contributed by atoms with van der Waals surface area (Å²) in [5.41, 5.74) is 4.71. The van der Waals surface area contributed by atoms with E-state index in [4.69, 9.17) is 9.84 Å². The van der Waals surface area contributed by atoms with Crippen molar-refractivity contribution in [3.63, 3.8) is 0 Å². The largest absolute Gasteiger partial charge is 0.507 e. The fourth-order valence-corrected chi connectivity index (χ4v) is 3.01. The van der Waals surface area contributed by atoms with Gasteiger partial charge in [0, 0.05) is 11.3 Å². The number of hydrazone groups is 1. The summed E-state index contributed by atoms with van der Waals surface area (Å²) in [5, 5.41) is 22.6. The molecule has 2 rings (SSSR count). The van der Waals surface area contributed by atoms with Gasteiger partial charge in [-0.05, 0) is 42.8 Å². The zero-order valence-electron chi connectivity index (χ0n) is 14.9. The minimum Gasteiger partial charge on any atom is -0.507 e. The lowest BCUT2D eigenvalue weighted by atomic mass is 10.1. The lowest BCUT2D eigenvalue weighted by Gasteiger charge is -2.10. The van der Waals surface area contributed by atoms with Crippen LogP contribution < -0.4 is 10.2 Å². The van der Waals surface area contributed by atoms with E-state index in [0.29, 0.717) is 17.2 Å². The highest BCUT2D eigenvalue weighted by atomic mass is 32.2. The van der Waals surface area contributed by atoms with Crippen molar-refractivity contribution in [2.75, 3.05) is 12.9 Å². The van der Waals surface area contributed by atoms with E-state index >= 15 is 0 Å². The summed E-state index contributed by atoms with van der Waals surface area (Å²) in [6.07, 6.45) is 0. The minimum absolute atomic E-state index is 0.00290. The molecular weight excluding hydrogens is 368 g/mol. The van der Waals surface area contributed by atoms with Crippen molar-refractivity contribution in [3.05, 3.63) is 59.2 Å². The summed E-state index contributed by atoms with van der Waals surface area (Å²) in [4.78, 5) is 22.8. The maximum absolute atomic E-state index is 12.1. The van der Waals surface area contributed by atoms with Gasteiger partial charge in [-0.15, -0.1) is 11.8 Å². The minimum atomic E-state index is -0.875. The molecule has 2 aromatic rings. The Labute approximate surface area is 161 Å². The average Bonchev–Trinajstić information content (AvgIpc) is 2.65. The van der Waals surface area contributed by atoms with Crippen molar-refractivity contribution in [1.29, 1.82) is 0 Å². The first-order valence-corrected chi connectivity index (χ1v) is 9.17. The highest BCUT2D eigenvalue weighted by Gasteiger charge is 2.11. The van der Waals surface area contributed by atoms with Gasteiger partial charge in [0.05, 0.1) is 24.1 Å². The number of benzene rings is 2. The first kappa shape index (κ1) is 20.3. The monoisotopic (exact) mass is 388 g/mol. The van der Waals surface area contributed by atoms with E-state index in [-0.39, 0.29) is 17.1 Å². The second-order valence-electron chi connectivity index (χ2n) is 5.57. The Balaban J connectivity index is 2.13. The quantitative estimate of drug-likeness (QED) is 0.474. The Morgan fingerprint density at radius 2 is 1.96 bits per heavy atom. The number of hydrogen-bond donors (Lipinski definition) is 3. The number of hydrogen-bond acceptors (Lipinski definition) is 6. The molecule has 3 N–H and O–H groups in total. The number of nitrogens with zero attached hydrogens (tertiary/aromatic N) is 1. The zero-order valence-corrected chi connectivity index (χ0v) is 15.7. The number of aliphatic carboxylic acids is 1. The van der Waals surface area contributed by atoms with Gasteiger partial charge in [0.2, 0.25) is 0 Å². The van der Waals surface area contributed by atoms with Gasteiger partial charge in [-0.2, -0.15) is 5.10 Å². The number of para-hydroxylation sites is 1. The number of thioether (sulfide) groups is 1. The molecule has 0 bridgehead atoms. The number of amides is 1. The fraction of sp³-hybridized carbons (Fsp3) is 0.211. The summed E-state index contributed by atoms with van der Waals surface area (Å²) in [5.74, 6) is -0.386. The Hall–Kier alpha value is -3.00. The van der Waals surface area contributed by atoms with E-state index in [1.807, 2.05) is 6.07 Å². The fourth-order valence-electron chi connectivity index (χ4n) is 2.29. The van der Waals surface area contributed by atoms with Crippen molar-refractivity contribution >= 4 is 29.4 Å². The second kappa shape index (κ2) is 9.63. The number of phenols is 1. The van der Waals surface area contributed by atoms with Crippen LogP contribution in [0.15, 0.2) is 47.6 Å². The summed E-state index contributed by atoms with van der Waals surface area (Å²) < 4.78 is 5.31. The Morgan fingerprint density at radius 1 is 1.22 bits per heavy atom. The van der Waals surface area contributed by atoms with Crippen molar-refractivity contribution < 1.29 is 24.5 Å². The normalized spacial score (nSPS) is 11.1. The Bertz CT molecular complexity index is 867. The van der Waals surface area contributed by atoms with Gasteiger partial charge in [0.1, 0.15) is 11.5 Å². The highest BCUT2D eigenvalue weighted by Crippen LogP contribution is 2.25. The number of methoxy groups -OCH3 is 1. The number of carbonyl (C=O) groups excluding carboxylic acids is 1. The number of carboxylic acids is 1. The molecule has 0 unspecified atom stereocenters. The molecule has 0 heterocycles. The Kier molecular flexibility index (Phi) is 7.25. The van der Waals surface area contributed by atoms with Crippen molar-refractivity contribution in [2.24, 2.45) is 5.10 Å². The standard InChI is InChI=1S/C19H20N2O5S/c1-12(20-21-19(25)15-5-3-4-6-16(15)22)13-7-8-17(26-2)14(9-13)10-27-11-18(23)24/h3-9,22H,10-11H2,1-2H3,(H,21,25)(H,23,24)/b20-12-. The van der Waals surface area contributed by atoms with E-state index < -0.39 is 11.9 Å². The third-order valence-electron chi connectivity index (χ3n) is 3.66. The smallest absolute Gasteiger partial charge is 0.313 e. The maximum atomic E-state index is 12.1. The van der Waals surface area contributed by atoms with Gasteiger partial charge in [-0.1, -0.05) is 12.1 Å². The molecule has 0 atom stereocenters. The SMILES string of the molecule is COc1ccc(/C(C)=N\NC(=O)c2ccccc2O)cc1CSCC(=O)O. The molecule has 0 fully saturated rings. The van der Waals surface area contributed by atoms with E-state index in [9.17, 15) is 14.7 Å². The lowest BCUT2D eigenvalue weighted by molar-refractivity contribution is -0.133. The van der Waals surface area contributed by atoms with Gasteiger partial charge in [-0.3, -0.25) is 9.59 Å².